The number of amides is 3. The zero-order valence-electron chi connectivity index (χ0n) is 9.47. The lowest BCUT2D eigenvalue weighted by molar-refractivity contribution is 0.0936. The number of carbonyl (C=O) groups excluding carboxylic acids is 2. The second-order valence-electron chi connectivity index (χ2n) is 3.97. The third-order valence-corrected chi connectivity index (χ3v) is 2.44. The molecule has 3 amide bonds. The van der Waals surface area contributed by atoms with Crippen molar-refractivity contribution in [2.24, 2.45) is 5.18 Å². The average molecular weight is 248 g/mol. The summed E-state index contributed by atoms with van der Waals surface area (Å²) >= 11 is 0. The molecule has 94 valence electrons. The van der Waals surface area contributed by atoms with Crippen LogP contribution in [0.2, 0.25) is 0 Å². The Kier molecular flexibility index (Phi) is 3.52. The molecule has 0 aromatic heterocycles. The number of carbonyl (C=O) groups is 2. The van der Waals surface area contributed by atoms with Gasteiger partial charge in [0.25, 0.3) is 5.91 Å². The quantitative estimate of drug-likeness (QED) is 0.553. The first-order chi connectivity index (χ1) is 8.69. The van der Waals surface area contributed by atoms with E-state index in [1.807, 2.05) is 0 Å². The largest absolute Gasteiger partial charge is 0.334 e. The van der Waals surface area contributed by atoms with Crippen LogP contribution in [0.3, 0.4) is 0 Å². The molecule has 0 heterocycles. The summed E-state index contributed by atoms with van der Waals surface area (Å²) in [6.45, 7) is 0. The SMILES string of the molecule is O=Nc1ccc(C(=O)NNC(=O)NC2CC2)cc1. The molecule has 18 heavy (non-hydrogen) atoms. The summed E-state index contributed by atoms with van der Waals surface area (Å²) in [6, 6.07) is 5.54. The van der Waals surface area contributed by atoms with E-state index in [2.05, 4.69) is 21.3 Å². The maximum absolute atomic E-state index is 11.6. The Hall–Kier alpha value is -2.44. The van der Waals surface area contributed by atoms with Crippen molar-refractivity contribution < 1.29 is 9.59 Å². The number of nitroso groups, excluding NO2 is 1. The first-order valence-corrected chi connectivity index (χ1v) is 5.49. The second kappa shape index (κ2) is 5.26. The third kappa shape index (κ3) is 3.27. The summed E-state index contributed by atoms with van der Waals surface area (Å²) in [5, 5.41) is 5.38. The van der Waals surface area contributed by atoms with Crippen LogP contribution in [0, 0.1) is 4.91 Å². The number of urea groups is 1. The lowest BCUT2D eigenvalue weighted by atomic mass is 10.2. The molecule has 0 radical (unpaired) electrons. The molecule has 0 unspecified atom stereocenters. The van der Waals surface area contributed by atoms with Gasteiger partial charge < -0.3 is 5.32 Å². The fourth-order valence-corrected chi connectivity index (χ4v) is 1.31. The number of hydrazine groups is 1. The Balaban J connectivity index is 1.82. The van der Waals surface area contributed by atoms with Gasteiger partial charge in [-0.3, -0.25) is 10.2 Å². The van der Waals surface area contributed by atoms with Crippen LogP contribution in [0.25, 0.3) is 0 Å². The third-order valence-electron chi connectivity index (χ3n) is 2.44. The molecule has 3 N–H and O–H groups in total. The van der Waals surface area contributed by atoms with Gasteiger partial charge in [-0.25, -0.2) is 10.2 Å². The van der Waals surface area contributed by atoms with Gasteiger partial charge in [0, 0.05) is 11.6 Å². The molecule has 1 saturated carbocycles. The second-order valence-corrected chi connectivity index (χ2v) is 3.97. The van der Waals surface area contributed by atoms with Crippen molar-refractivity contribution in [3.8, 4) is 0 Å². The number of rotatable bonds is 3. The molecule has 1 aromatic rings. The molecule has 0 atom stereocenters. The number of hydrogen-bond acceptors (Lipinski definition) is 4. The minimum atomic E-state index is -0.460. The molecule has 1 aliphatic carbocycles. The summed E-state index contributed by atoms with van der Waals surface area (Å²) in [5.74, 6) is -0.460. The fourth-order valence-electron chi connectivity index (χ4n) is 1.31. The Morgan fingerprint density at radius 1 is 1.11 bits per heavy atom. The Labute approximate surface area is 103 Å². The van der Waals surface area contributed by atoms with Crippen molar-refractivity contribution in [1.82, 2.24) is 16.2 Å². The summed E-state index contributed by atoms with van der Waals surface area (Å²) < 4.78 is 0. The van der Waals surface area contributed by atoms with Crippen molar-refractivity contribution in [3.63, 3.8) is 0 Å². The Bertz CT molecular complexity index is 468. The zero-order chi connectivity index (χ0) is 13.0. The Morgan fingerprint density at radius 3 is 2.33 bits per heavy atom. The maximum Gasteiger partial charge on any atom is 0.333 e. The van der Waals surface area contributed by atoms with Crippen LogP contribution in [-0.4, -0.2) is 18.0 Å². The van der Waals surface area contributed by atoms with Gasteiger partial charge in [-0.2, -0.15) is 0 Å². The average Bonchev–Trinajstić information content (AvgIpc) is 3.20. The van der Waals surface area contributed by atoms with Crippen molar-refractivity contribution in [2.75, 3.05) is 0 Å². The molecule has 1 aromatic carbocycles. The minimum Gasteiger partial charge on any atom is -0.334 e. The molecule has 1 aliphatic rings. The fraction of sp³-hybridized carbons (Fsp3) is 0.273. The van der Waals surface area contributed by atoms with Crippen LogP contribution >= 0.6 is 0 Å². The normalized spacial score (nSPS) is 13.6. The van der Waals surface area contributed by atoms with E-state index >= 15 is 0 Å². The maximum atomic E-state index is 11.6. The van der Waals surface area contributed by atoms with Gasteiger partial charge in [-0.15, -0.1) is 4.91 Å². The van der Waals surface area contributed by atoms with E-state index in [9.17, 15) is 14.5 Å². The van der Waals surface area contributed by atoms with Crippen molar-refractivity contribution in [1.29, 1.82) is 0 Å². The van der Waals surface area contributed by atoms with E-state index in [4.69, 9.17) is 0 Å². The van der Waals surface area contributed by atoms with E-state index in [1.165, 1.54) is 24.3 Å². The molecule has 0 spiro atoms. The van der Waals surface area contributed by atoms with Crippen LogP contribution in [0.15, 0.2) is 29.4 Å². The molecular weight excluding hydrogens is 236 g/mol. The van der Waals surface area contributed by atoms with Gasteiger partial charge in [0.05, 0.1) is 0 Å². The summed E-state index contributed by atoms with van der Waals surface area (Å²) in [5.41, 5.74) is 5.08. The van der Waals surface area contributed by atoms with Gasteiger partial charge in [0.15, 0.2) is 0 Å². The molecule has 0 saturated heterocycles. The summed E-state index contributed by atoms with van der Waals surface area (Å²) in [4.78, 5) is 33.0. The van der Waals surface area contributed by atoms with Gasteiger partial charge in [-0.1, -0.05) is 0 Å². The number of hydrogen-bond donors (Lipinski definition) is 3. The molecule has 0 bridgehead atoms. The highest BCUT2D eigenvalue weighted by Gasteiger charge is 2.23. The zero-order valence-corrected chi connectivity index (χ0v) is 9.47. The minimum absolute atomic E-state index is 0.222. The topological polar surface area (TPSA) is 99.7 Å². The number of nitrogens with one attached hydrogen (secondary N) is 3. The van der Waals surface area contributed by atoms with Crippen LogP contribution in [0.5, 0.6) is 0 Å². The van der Waals surface area contributed by atoms with Crippen LogP contribution in [0.4, 0.5) is 10.5 Å². The monoisotopic (exact) mass is 248 g/mol. The predicted octanol–water partition coefficient (Wildman–Crippen LogP) is 1.19. The van der Waals surface area contributed by atoms with Crippen molar-refractivity contribution in [2.45, 2.75) is 18.9 Å². The van der Waals surface area contributed by atoms with Crippen LogP contribution in [0.1, 0.15) is 23.2 Å². The van der Waals surface area contributed by atoms with Crippen molar-refractivity contribution >= 4 is 17.6 Å². The first-order valence-electron chi connectivity index (χ1n) is 5.49. The molecule has 7 heteroatoms. The van der Waals surface area contributed by atoms with Gasteiger partial charge in [0.2, 0.25) is 0 Å². The highest BCUT2D eigenvalue weighted by Crippen LogP contribution is 2.18. The molecule has 2 rings (SSSR count). The van der Waals surface area contributed by atoms with Gasteiger partial charge >= 0.3 is 6.03 Å². The van der Waals surface area contributed by atoms with Gasteiger partial charge in [0.1, 0.15) is 5.69 Å². The molecule has 7 nitrogen and oxygen atoms in total. The first kappa shape index (κ1) is 12.0. The number of nitrogens with zero attached hydrogens (tertiary/aromatic N) is 1. The van der Waals surface area contributed by atoms with E-state index in [0.29, 0.717) is 5.56 Å². The van der Waals surface area contributed by atoms with E-state index in [-0.39, 0.29) is 11.7 Å². The van der Waals surface area contributed by atoms with Crippen molar-refractivity contribution in [3.05, 3.63) is 34.7 Å². The highest BCUT2D eigenvalue weighted by molar-refractivity contribution is 5.95. The van der Waals surface area contributed by atoms with E-state index in [1.54, 1.807) is 0 Å². The van der Waals surface area contributed by atoms with Gasteiger partial charge in [-0.05, 0) is 42.3 Å². The number of benzene rings is 1. The molecule has 0 aliphatic heterocycles. The van der Waals surface area contributed by atoms with Crippen LogP contribution in [-0.2, 0) is 0 Å². The summed E-state index contributed by atoms with van der Waals surface area (Å²) in [6.07, 6.45) is 1.95. The van der Waals surface area contributed by atoms with E-state index < -0.39 is 11.9 Å². The highest BCUT2D eigenvalue weighted by atomic mass is 16.3. The van der Waals surface area contributed by atoms with E-state index in [0.717, 1.165) is 12.8 Å². The molecule has 1 fully saturated rings. The smallest absolute Gasteiger partial charge is 0.333 e. The lowest BCUT2D eigenvalue weighted by Gasteiger charge is -2.08. The standard InChI is InChI=1S/C11H12N4O3/c16-10(7-1-3-9(15-18)4-2-7)13-14-11(17)12-8-5-6-8/h1-4,8H,5-6H2,(H,13,16)(H2,12,14,17). The Morgan fingerprint density at radius 2 is 1.78 bits per heavy atom. The lowest BCUT2D eigenvalue weighted by Crippen LogP contribution is -2.47. The van der Waals surface area contributed by atoms with Crippen LogP contribution < -0.4 is 16.2 Å². The molecular formula is C11H12N4O3. The predicted molar refractivity (Wildman–Crippen MR) is 64.1 cm³/mol. The summed E-state index contributed by atoms with van der Waals surface area (Å²) in [7, 11) is 0.